The highest BCUT2D eigenvalue weighted by Gasteiger charge is 2.12. The van der Waals surface area contributed by atoms with Crippen molar-refractivity contribution in [3.63, 3.8) is 0 Å². The molecule has 0 atom stereocenters. The molecule has 0 bridgehead atoms. The van der Waals surface area contributed by atoms with Crippen LogP contribution in [-0.4, -0.2) is 9.97 Å². The summed E-state index contributed by atoms with van der Waals surface area (Å²) in [6.45, 7) is 3.73. The van der Waals surface area contributed by atoms with Crippen LogP contribution in [0.4, 0.5) is 0 Å². The Morgan fingerprint density at radius 3 is 2.58 bits per heavy atom. The van der Waals surface area contributed by atoms with E-state index in [0.717, 1.165) is 0 Å². The van der Waals surface area contributed by atoms with E-state index in [-0.39, 0.29) is 0 Å². The molecule has 0 saturated heterocycles. The van der Waals surface area contributed by atoms with Crippen LogP contribution in [0.3, 0.4) is 0 Å². The first-order chi connectivity index (χ1) is 9.01. The van der Waals surface area contributed by atoms with Crippen LogP contribution in [0.2, 0.25) is 15.2 Å². The molecule has 0 aliphatic heterocycles. The summed E-state index contributed by atoms with van der Waals surface area (Å²) in [5.41, 5.74) is 0.662. The number of ether oxygens (including phenoxy) is 1. The molecule has 2 aromatic rings. The second-order valence-electron chi connectivity index (χ2n) is 3.89. The Hall–Kier alpha value is -1.03. The Kier molecular flexibility index (Phi) is 4.50. The van der Waals surface area contributed by atoms with E-state index in [1.165, 1.54) is 0 Å². The fourth-order valence-electron chi connectivity index (χ4n) is 1.43. The Balaban J connectivity index is 2.42. The smallest absolute Gasteiger partial charge is 0.227 e. The van der Waals surface area contributed by atoms with Gasteiger partial charge in [0.25, 0.3) is 0 Å². The van der Waals surface area contributed by atoms with Crippen LogP contribution in [0.5, 0.6) is 11.6 Å². The molecule has 100 valence electrons. The monoisotopic (exact) mass is 316 g/mol. The minimum absolute atomic E-state index is 0.375. The van der Waals surface area contributed by atoms with Gasteiger partial charge in [-0.15, -0.1) is 0 Å². The van der Waals surface area contributed by atoms with E-state index >= 15 is 0 Å². The fourth-order valence-corrected chi connectivity index (χ4v) is 1.93. The van der Waals surface area contributed by atoms with Crippen LogP contribution in [-0.2, 0) is 6.42 Å². The number of halogens is 3. The fraction of sp³-hybridized carbons (Fsp3) is 0.231. The molecule has 0 N–H and O–H groups in total. The summed E-state index contributed by atoms with van der Waals surface area (Å²) in [4.78, 5) is 8.45. The van der Waals surface area contributed by atoms with E-state index in [2.05, 4.69) is 9.97 Å². The molecule has 3 nitrogen and oxygen atoms in total. The summed E-state index contributed by atoms with van der Waals surface area (Å²) >= 11 is 18.0. The molecule has 2 rings (SSSR count). The summed E-state index contributed by atoms with van der Waals surface area (Å²) in [6.07, 6.45) is 0.666. The van der Waals surface area contributed by atoms with Gasteiger partial charge in [0.2, 0.25) is 5.88 Å². The first-order valence-electron chi connectivity index (χ1n) is 5.67. The van der Waals surface area contributed by atoms with E-state index in [4.69, 9.17) is 39.5 Å². The lowest BCUT2D eigenvalue weighted by molar-refractivity contribution is 0.455. The number of rotatable bonds is 3. The Morgan fingerprint density at radius 1 is 1.16 bits per heavy atom. The Bertz CT molecular complexity index is 617. The average molecular weight is 318 g/mol. The van der Waals surface area contributed by atoms with Crippen LogP contribution in [0.1, 0.15) is 18.3 Å². The molecule has 19 heavy (non-hydrogen) atoms. The lowest BCUT2D eigenvalue weighted by Gasteiger charge is -2.11. The molecule has 0 aliphatic carbocycles. The predicted octanol–water partition coefficient (Wildman–Crippen LogP) is 5.10. The third-order valence-corrected chi connectivity index (χ3v) is 3.42. The predicted molar refractivity (Wildman–Crippen MR) is 77.7 cm³/mol. The molecule has 0 saturated carbocycles. The summed E-state index contributed by atoms with van der Waals surface area (Å²) in [6, 6.07) is 4.98. The normalized spacial score (nSPS) is 10.6. The van der Waals surface area contributed by atoms with E-state index in [1.54, 1.807) is 25.1 Å². The van der Waals surface area contributed by atoms with Crippen molar-refractivity contribution in [2.24, 2.45) is 0 Å². The van der Waals surface area contributed by atoms with Crippen molar-refractivity contribution >= 4 is 34.8 Å². The summed E-state index contributed by atoms with van der Waals surface area (Å²) in [5.74, 6) is 1.44. The molecule has 6 heteroatoms. The van der Waals surface area contributed by atoms with Crippen LogP contribution in [0.15, 0.2) is 18.2 Å². The number of hydrogen-bond acceptors (Lipinski definition) is 3. The molecule has 0 unspecified atom stereocenters. The van der Waals surface area contributed by atoms with Crippen LogP contribution in [0, 0.1) is 6.92 Å². The summed E-state index contributed by atoms with van der Waals surface area (Å²) in [5, 5.41) is 1.37. The van der Waals surface area contributed by atoms with Crippen molar-refractivity contribution in [3.8, 4) is 11.6 Å². The van der Waals surface area contributed by atoms with Gasteiger partial charge in [-0.2, -0.15) is 4.98 Å². The third kappa shape index (κ3) is 3.30. The quantitative estimate of drug-likeness (QED) is 0.739. The Labute approximate surface area is 126 Å². The van der Waals surface area contributed by atoms with Crippen molar-refractivity contribution in [2.45, 2.75) is 20.3 Å². The van der Waals surface area contributed by atoms with E-state index in [1.807, 2.05) is 6.92 Å². The Morgan fingerprint density at radius 2 is 1.89 bits per heavy atom. The average Bonchev–Trinajstić information content (AvgIpc) is 2.38. The first-order valence-corrected chi connectivity index (χ1v) is 6.80. The van der Waals surface area contributed by atoms with Crippen molar-refractivity contribution in [1.29, 1.82) is 0 Å². The minimum Gasteiger partial charge on any atom is -0.437 e. The van der Waals surface area contributed by atoms with Gasteiger partial charge in [0.05, 0.1) is 5.02 Å². The first kappa shape index (κ1) is 14.4. The van der Waals surface area contributed by atoms with Crippen LogP contribution in [0.25, 0.3) is 0 Å². The molecular formula is C13H11Cl3N2O. The summed E-state index contributed by atoms with van der Waals surface area (Å²) in [7, 11) is 0. The van der Waals surface area contributed by atoms with Crippen molar-refractivity contribution in [3.05, 3.63) is 44.8 Å². The highest BCUT2D eigenvalue weighted by atomic mass is 35.5. The molecule has 0 fully saturated rings. The van der Waals surface area contributed by atoms with Crippen molar-refractivity contribution in [1.82, 2.24) is 9.97 Å². The van der Waals surface area contributed by atoms with E-state index in [0.29, 0.717) is 44.6 Å². The van der Waals surface area contributed by atoms with Gasteiger partial charge in [0.15, 0.2) is 0 Å². The SMILES string of the molecule is CCc1nc(Cl)c(C)c(Oc2cc(Cl)ccc2Cl)n1. The molecule has 1 aromatic carbocycles. The maximum atomic E-state index is 6.05. The van der Waals surface area contributed by atoms with Gasteiger partial charge in [-0.1, -0.05) is 41.7 Å². The zero-order chi connectivity index (χ0) is 14.0. The molecule has 0 aliphatic rings. The zero-order valence-corrected chi connectivity index (χ0v) is 12.6. The number of aryl methyl sites for hydroxylation is 1. The van der Waals surface area contributed by atoms with Crippen LogP contribution < -0.4 is 4.74 Å². The van der Waals surface area contributed by atoms with Crippen molar-refractivity contribution in [2.75, 3.05) is 0 Å². The topological polar surface area (TPSA) is 35.0 Å². The van der Waals surface area contributed by atoms with Gasteiger partial charge in [-0.25, -0.2) is 4.98 Å². The van der Waals surface area contributed by atoms with E-state index in [9.17, 15) is 0 Å². The highest BCUT2D eigenvalue weighted by molar-refractivity contribution is 6.34. The van der Waals surface area contributed by atoms with Gasteiger partial charge < -0.3 is 4.74 Å². The second-order valence-corrected chi connectivity index (χ2v) is 5.09. The van der Waals surface area contributed by atoms with Gasteiger partial charge >= 0.3 is 0 Å². The zero-order valence-electron chi connectivity index (χ0n) is 10.4. The second kappa shape index (κ2) is 5.95. The minimum atomic E-state index is 0.375. The standard InChI is InChI=1S/C13H11Cl3N2O/c1-3-11-17-12(16)7(2)13(18-11)19-10-6-8(14)4-5-9(10)15/h4-6H,3H2,1-2H3. The number of benzene rings is 1. The number of aromatic nitrogens is 2. The highest BCUT2D eigenvalue weighted by Crippen LogP contribution is 2.33. The van der Waals surface area contributed by atoms with Gasteiger partial charge in [0.1, 0.15) is 16.7 Å². The summed E-state index contributed by atoms with van der Waals surface area (Å²) < 4.78 is 5.69. The molecule has 0 spiro atoms. The lowest BCUT2D eigenvalue weighted by Crippen LogP contribution is -2.00. The molecule has 1 heterocycles. The van der Waals surface area contributed by atoms with Gasteiger partial charge in [0, 0.05) is 23.1 Å². The molecule has 0 amide bonds. The number of hydrogen-bond donors (Lipinski definition) is 0. The molecule has 1 aromatic heterocycles. The maximum absolute atomic E-state index is 6.05. The van der Waals surface area contributed by atoms with Crippen molar-refractivity contribution < 1.29 is 4.74 Å². The van der Waals surface area contributed by atoms with Gasteiger partial charge in [-0.05, 0) is 19.1 Å². The maximum Gasteiger partial charge on any atom is 0.227 e. The van der Waals surface area contributed by atoms with Crippen LogP contribution >= 0.6 is 34.8 Å². The largest absolute Gasteiger partial charge is 0.437 e. The lowest BCUT2D eigenvalue weighted by atomic mass is 10.3. The number of nitrogens with zero attached hydrogens (tertiary/aromatic N) is 2. The van der Waals surface area contributed by atoms with Gasteiger partial charge in [-0.3, -0.25) is 0 Å². The molecular weight excluding hydrogens is 307 g/mol. The molecule has 0 radical (unpaired) electrons. The van der Waals surface area contributed by atoms with E-state index < -0.39 is 0 Å². The third-order valence-electron chi connectivity index (χ3n) is 2.50.